The lowest BCUT2D eigenvalue weighted by Crippen LogP contribution is -2.23. The van der Waals surface area contributed by atoms with Crippen LogP contribution < -0.4 is 5.32 Å². The number of pyridine rings is 1. The number of benzene rings is 1. The van der Waals surface area contributed by atoms with Crippen LogP contribution in [0, 0.1) is 0 Å². The number of nitrogens with zero attached hydrogens (tertiary/aromatic N) is 2. The SMILES string of the molecule is O=C(/C=C/c1ccccc1)NCCc1cn2cc(Cl)cc(Cl)c2n1. The highest BCUT2D eigenvalue weighted by Gasteiger charge is 2.07. The third-order valence-corrected chi connectivity index (χ3v) is 3.91. The number of halogens is 2. The van der Waals surface area contributed by atoms with E-state index < -0.39 is 0 Å². The van der Waals surface area contributed by atoms with Crippen LogP contribution in [0.1, 0.15) is 11.3 Å². The minimum absolute atomic E-state index is 0.135. The number of amides is 1. The van der Waals surface area contributed by atoms with E-state index in [0.717, 1.165) is 11.3 Å². The number of hydrogen-bond donors (Lipinski definition) is 1. The van der Waals surface area contributed by atoms with Gasteiger partial charge >= 0.3 is 0 Å². The van der Waals surface area contributed by atoms with Gasteiger partial charge in [0, 0.05) is 31.4 Å². The van der Waals surface area contributed by atoms with Crippen LogP contribution in [0.5, 0.6) is 0 Å². The van der Waals surface area contributed by atoms with E-state index in [4.69, 9.17) is 23.2 Å². The van der Waals surface area contributed by atoms with Gasteiger partial charge in [0.15, 0.2) is 5.65 Å². The second kappa shape index (κ2) is 7.51. The van der Waals surface area contributed by atoms with Crippen molar-refractivity contribution < 1.29 is 4.79 Å². The fraction of sp³-hybridized carbons (Fsp3) is 0.111. The molecule has 0 saturated heterocycles. The van der Waals surface area contributed by atoms with Gasteiger partial charge in [0.1, 0.15) is 0 Å². The number of nitrogens with one attached hydrogen (secondary N) is 1. The quantitative estimate of drug-likeness (QED) is 0.699. The van der Waals surface area contributed by atoms with Crippen LogP contribution in [0.3, 0.4) is 0 Å². The minimum Gasteiger partial charge on any atom is -0.352 e. The van der Waals surface area contributed by atoms with Crippen LogP contribution in [0.4, 0.5) is 0 Å². The Kier molecular flexibility index (Phi) is 5.18. The van der Waals surface area contributed by atoms with Gasteiger partial charge in [-0.05, 0) is 17.7 Å². The highest BCUT2D eigenvalue weighted by Crippen LogP contribution is 2.21. The molecular formula is C18H15Cl2N3O. The topological polar surface area (TPSA) is 46.4 Å². The molecule has 0 aliphatic heterocycles. The van der Waals surface area contributed by atoms with Crippen molar-refractivity contribution in [3.05, 3.63) is 76.2 Å². The maximum absolute atomic E-state index is 11.8. The molecule has 1 amide bonds. The number of fused-ring (bicyclic) bond motifs is 1. The van der Waals surface area contributed by atoms with Crippen molar-refractivity contribution in [3.63, 3.8) is 0 Å². The summed E-state index contributed by atoms with van der Waals surface area (Å²) in [7, 11) is 0. The first-order valence-electron chi connectivity index (χ1n) is 7.45. The van der Waals surface area contributed by atoms with Crippen LogP contribution in [-0.4, -0.2) is 21.8 Å². The summed E-state index contributed by atoms with van der Waals surface area (Å²) in [5.41, 5.74) is 2.48. The molecule has 122 valence electrons. The fourth-order valence-corrected chi connectivity index (χ4v) is 2.83. The molecule has 4 nitrogen and oxygen atoms in total. The van der Waals surface area contributed by atoms with Crippen molar-refractivity contribution in [1.29, 1.82) is 0 Å². The molecule has 24 heavy (non-hydrogen) atoms. The average Bonchev–Trinajstić information content (AvgIpc) is 2.97. The molecule has 1 N–H and O–H groups in total. The normalized spacial score (nSPS) is 11.2. The summed E-state index contributed by atoms with van der Waals surface area (Å²) in [4.78, 5) is 16.3. The van der Waals surface area contributed by atoms with Crippen molar-refractivity contribution in [1.82, 2.24) is 14.7 Å². The summed E-state index contributed by atoms with van der Waals surface area (Å²) in [6, 6.07) is 11.3. The van der Waals surface area contributed by atoms with Gasteiger partial charge in [-0.15, -0.1) is 0 Å². The maximum Gasteiger partial charge on any atom is 0.244 e. The molecule has 0 atom stereocenters. The summed E-state index contributed by atoms with van der Waals surface area (Å²) in [6.07, 6.45) is 7.53. The summed E-state index contributed by atoms with van der Waals surface area (Å²) in [5, 5.41) is 3.89. The van der Waals surface area contributed by atoms with Crippen LogP contribution >= 0.6 is 23.2 Å². The van der Waals surface area contributed by atoms with E-state index in [1.165, 1.54) is 6.08 Å². The lowest BCUT2D eigenvalue weighted by molar-refractivity contribution is -0.116. The standard InChI is InChI=1S/C18H15Cl2N3O/c19-14-10-16(20)18-22-15(12-23(18)11-14)8-9-21-17(24)7-6-13-4-2-1-3-5-13/h1-7,10-12H,8-9H2,(H,21,24)/b7-6+. The highest BCUT2D eigenvalue weighted by atomic mass is 35.5. The lowest BCUT2D eigenvalue weighted by Gasteiger charge is -1.99. The first-order valence-corrected chi connectivity index (χ1v) is 8.21. The van der Waals surface area contributed by atoms with Gasteiger partial charge < -0.3 is 9.72 Å². The van der Waals surface area contributed by atoms with E-state index >= 15 is 0 Å². The molecule has 0 aliphatic carbocycles. The molecule has 1 aromatic carbocycles. The zero-order valence-electron chi connectivity index (χ0n) is 12.7. The van der Waals surface area contributed by atoms with Gasteiger partial charge in [-0.2, -0.15) is 0 Å². The molecule has 3 aromatic rings. The van der Waals surface area contributed by atoms with E-state index in [1.54, 1.807) is 22.7 Å². The first-order chi connectivity index (χ1) is 11.6. The number of aromatic nitrogens is 2. The Balaban J connectivity index is 1.55. The molecule has 2 heterocycles. The van der Waals surface area contributed by atoms with E-state index in [-0.39, 0.29) is 5.91 Å². The monoisotopic (exact) mass is 359 g/mol. The van der Waals surface area contributed by atoms with Crippen LogP contribution in [-0.2, 0) is 11.2 Å². The van der Waals surface area contributed by atoms with Gasteiger partial charge in [0.25, 0.3) is 0 Å². The van der Waals surface area contributed by atoms with E-state index in [1.807, 2.05) is 36.5 Å². The Labute approximate surface area is 149 Å². The van der Waals surface area contributed by atoms with Crippen molar-refractivity contribution in [2.24, 2.45) is 0 Å². The molecule has 0 saturated carbocycles. The molecule has 0 spiro atoms. The Hall–Kier alpha value is -2.30. The van der Waals surface area contributed by atoms with Gasteiger partial charge in [-0.1, -0.05) is 53.5 Å². The van der Waals surface area contributed by atoms with Crippen LogP contribution in [0.15, 0.2) is 54.9 Å². The van der Waals surface area contributed by atoms with E-state index in [9.17, 15) is 4.79 Å². The first kappa shape index (κ1) is 16.6. The zero-order valence-corrected chi connectivity index (χ0v) is 14.3. The fourth-order valence-electron chi connectivity index (χ4n) is 2.30. The number of hydrogen-bond acceptors (Lipinski definition) is 2. The molecule has 3 rings (SSSR count). The minimum atomic E-state index is -0.135. The van der Waals surface area contributed by atoms with Crippen molar-refractivity contribution >= 4 is 40.8 Å². The Morgan fingerprint density at radius 2 is 2.00 bits per heavy atom. The molecule has 0 radical (unpaired) electrons. The van der Waals surface area contributed by atoms with E-state index in [0.29, 0.717) is 28.7 Å². The summed E-state index contributed by atoms with van der Waals surface area (Å²) >= 11 is 12.1. The predicted octanol–water partition coefficient (Wildman–Crippen LogP) is 4.01. The number of carbonyl (C=O) groups excluding carboxylic acids is 1. The average molecular weight is 360 g/mol. The molecular weight excluding hydrogens is 345 g/mol. The molecule has 0 fully saturated rings. The van der Waals surface area contributed by atoms with Gasteiger partial charge in [0.05, 0.1) is 15.7 Å². The Bertz CT molecular complexity index is 888. The Morgan fingerprint density at radius 1 is 1.21 bits per heavy atom. The largest absolute Gasteiger partial charge is 0.352 e. The van der Waals surface area contributed by atoms with Crippen LogP contribution in [0.2, 0.25) is 10.0 Å². The molecule has 2 aromatic heterocycles. The van der Waals surface area contributed by atoms with Gasteiger partial charge in [-0.3, -0.25) is 4.79 Å². The number of carbonyl (C=O) groups is 1. The molecule has 0 unspecified atom stereocenters. The van der Waals surface area contributed by atoms with Crippen LogP contribution in [0.25, 0.3) is 11.7 Å². The second-order valence-corrected chi connectivity index (χ2v) is 6.10. The van der Waals surface area contributed by atoms with E-state index in [2.05, 4.69) is 10.3 Å². The third kappa shape index (κ3) is 4.16. The predicted molar refractivity (Wildman–Crippen MR) is 97.4 cm³/mol. The smallest absolute Gasteiger partial charge is 0.244 e. The summed E-state index contributed by atoms with van der Waals surface area (Å²) in [6.45, 7) is 0.493. The molecule has 0 bridgehead atoms. The third-order valence-electron chi connectivity index (χ3n) is 3.43. The number of rotatable bonds is 5. The van der Waals surface area contributed by atoms with Gasteiger partial charge in [-0.25, -0.2) is 4.98 Å². The molecule has 6 heteroatoms. The Morgan fingerprint density at radius 3 is 2.79 bits per heavy atom. The second-order valence-electron chi connectivity index (χ2n) is 5.25. The van der Waals surface area contributed by atoms with Crippen molar-refractivity contribution in [3.8, 4) is 0 Å². The van der Waals surface area contributed by atoms with Crippen molar-refractivity contribution in [2.75, 3.05) is 6.54 Å². The zero-order chi connectivity index (χ0) is 16.9. The summed E-state index contributed by atoms with van der Waals surface area (Å²) < 4.78 is 1.79. The molecule has 0 aliphatic rings. The lowest BCUT2D eigenvalue weighted by atomic mass is 10.2. The van der Waals surface area contributed by atoms with Gasteiger partial charge in [0.2, 0.25) is 5.91 Å². The maximum atomic E-state index is 11.8. The number of imidazole rings is 1. The van der Waals surface area contributed by atoms with Crippen molar-refractivity contribution in [2.45, 2.75) is 6.42 Å². The summed E-state index contributed by atoms with van der Waals surface area (Å²) in [5.74, 6) is -0.135. The highest BCUT2D eigenvalue weighted by molar-refractivity contribution is 6.36.